The fourth-order valence-electron chi connectivity index (χ4n) is 1.30. The van der Waals surface area contributed by atoms with Gasteiger partial charge in [0.05, 0.1) is 5.41 Å². The van der Waals surface area contributed by atoms with E-state index >= 15 is 0 Å². The van der Waals surface area contributed by atoms with Gasteiger partial charge in [0.25, 0.3) is 5.91 Å². The van der Waals surface area contributed by atoms with Gasteiger partial charge in [-0.25, -0.2) is 4.79 Å². The fraction of sp³-hybridized carbons (Fsp3) is 0.375. The lowest BCUT2D eigenvalue weighted by molar-refractivity contribution is -0.199. The van der Waals surface area contributed by atoms with Gasteiger partial charge in [0.2, 0.25) is 0 Å². The zero-order valence-electron chi connectivity index (χ0n) is 12.4. The van der Waals surface area contributed by atoms with Gasteiger partial charge in [-0.3, -0.25) is 4.79 Å². The number of carbonyl (C=O) groups is 2. The van der Waals surface area contributed by atoms with Crippen LogP contribution in [0.5, 0.6) is 0 Å². The predicted molar refractivity (Wildman–Crippen MR) is 78.4 cm³/mol. The normalized spacial score (nSPS) is 11.4. The average Bonchev–Trinajstić information content (AvgIpc) is 2.38. The Hall–Kier alpha value is -2.10. The smallest absolute Gasteiger partial charge is 0.337 e. The molecule has 4 nitrogen and oxygen atoms in total. The Bertz CT molecular complexity index is 486. The minimum absolute atomic E-state index is 0.183. The molecule has 1 amide bonds. The molecule has 0 radical (unpaired) electrons. The number of hydrogen-bond acceptors (Lipinski definition) is 3. The first kappa shape index (κ1) is 16.0. The van der Waals surface area contributed by atoms with Crippen LogP contribution in [0.1, 0.15) is 32.8 Å². The molecule has 1 rings (SSSR count). The molecule has 20 heavy (non-hydrogen) atoms. The van der Waals surface area contributed by atoms with Crippen molar-refractivity contribution in [3.63, 3.8) is 0 Å². The van der Waals surface area contributed by atoms with Crippen molar-refractivity contribution in [3.05, 3.63) is 42.0 Å². The van der Waals surface area contributed by atoms with Crippen LogP contribution in [0, 0.1) is 5.41 Å². The molecule has 0 fully saturated rings. The largest absolute Gasteiger partial charge is 0.338 e. The molecule has 0 spiro atoms. The van der Waals surface area contributed by atoms with E-state index in [1.165, 1.54) is 7.05 Å². The van der Waals surface area contributed by atoms with Crippen molar-refractivity contribution < 1.29 is 14.4 Å². The van der Waals surface area contributed by atoms with E-state index < -0.39 is 11.4 Å². The Morgan fingerprint density at radius 2 is 1.80 bits per heavy atom. The first-order valence-corrected chi connectivity index (χ1v) is 6.51. The molecule has 0 saturated heterocycles. The highest BCUT2D eigenvalue weighted by Crippen LogP contribution is 2.16. The number of hydroxylamine groups is 2. The van der Waals surface area contributed by atoms with Crippen molar-refractivity contribution in [1.82, 2.24) is 5.06 Å². The van der Waals surface area contributed by atoms with Gasteiger partial charge < -0.3 is 4.84 Å². The summed E-state index contributed by atoms with van der Waals surface area (Å²) in [6, 6.07) is 9.69. The third-order valence-corrected chi connectivity index (χ3v) is 2.59. The molecule has 0 atom stereocenters. The highest BCUT2D eigenvalue weighted by Gasteiger charge is 2.26. The second-order valence-electron chi connectivity index (χ2n) is 5.54. The fourth-order valence-corrected chi connectivity index (χ4v) is 1.30. The summed E-state index contributed by atoms with van der Waals surface area (Å²) in [7, 11) is 1.45. The number of hydrogen-bond donors (Lipinski definition) is 0. The molecule has 4 heteroatoms. The van der Waals surface area contributed by atoms with Crippen LogP contribution in [0.3, 0.4) is 0 Å². The van der Waals surface area contributed by atoms with E-state index in [9.17, 15) is 9.59 Å². The molecule has 0 aliphatic heterocycles. The van der Waals surface area contributed by atoms with Crippen molar-refractivity contribution in [2.45, 2.75) is 27.2 Å². The quantitative estimate of drug-likeness (QED) is 0.796. The van der Waals surface area contributed by atoms with Gasteiger partial charge in [0.15, 0.2) is 0 Å². The summed E-state index contributed by atoms with van der Waals surface area (Å²) in [5.74, 6) is -0.699. The van der Waals surface area contributed by atoms with Crippen LogP contribution < -0.4 is 0 Å². The zero-order chi connectivity index (χ0) is 15.2. The maximum Gasteiger partial charge on any atom is 0.337 e. The molecule has 108 valence electrons. The first-order valence-electron chi connectivity index (χ1n) is 6.51. The summed E-state index contributed by atoms with van der Waals surface area (Å²) in [6.07, 6.45) is 3.79. The summed E-state index contributed by atoms with van der Waals surface area (Å²) in [5.41, 5.74) is 0.392. The molecule has 0 aliphatic carbocycles. The van der Waals surface area contributed by atoms with Crippen molar-refractivity contribution in [2.24, 2.45) is 5.41 Å². The minimum Gasteiger partial charge on any atom is -0.338 e. The van der Waals surface area contributed by atoms with Gasteiger partial charge in [-0.15, -0.1) is 0 Å². The Morgan fingerprint density at radius 1 is 1.20 bits per heavy atom. The summed E-state index contributed by atoms with van der Waals surface area (Å²) in [5, 5.41) is 0.989. The summed E-state index contributed by atoms with van der Waals surface area (Å²) in [6.45, 7) is 5.22. The molecule has 0 heterocycles. The SMILES string of the molecule is CN(OC(=O)C(C)(C)C)C(=O)C/C=C/c1ccccc1. The van der Waals surface area contributed by atoms with Crippen LogP contribution in [0.15, 0.2) is 36.4 Å². The molecule has 0 aromatic heterocycles. The van der Waals surface area contributed by atoms with Crippen LogP contribution in [-0.4, -0.2) is 24.0 Å². The number of carbonyl (C=O) groups excluding carboxylic acids is 2. The van der Waals surface area contributed by atoms with E-state index in [4.69, 9.17) is 4.84 Å². The average molecular weight is 275 g/mol. The van der Waals surface area contributed by atoms with Crippen molar-refractivity contribution in [3.8, 4) is 0 Å². The third kappa shape index (κ3) is 5.26. The van der Waals surface area contributed by atoms with Gasteiger partial charge >= 0.3 is 5.97 Å². The van der Waals surface area contributed by atoms with Gasteiger partial charge in [-0.05, 0) is 26.3 Å². The van der Waals surface area contributed by atoms with E-state index in [1.807, 2.05) is 36.4 Å². The standard InChI is InChI=1S/C16H21NO3/c1-16(2,3)15(19)20-17(4)14(18)12-8-11-13-9-6-5-7-10-13/h5-11H,12H2,1-4H3/b11-8+. The van der Waals surface area contributed by atoms with Gasteiger partial charge in [0.1, 0.15) is 0 Å². The van der Waals surface area contributed by atoms with E-state index in [0.717, 1.165) is 10.6 Å². The van der Waals surface area contributed by atoms with E-state index in [-0.39, 0.29) is 12.3 Å². The number of benzene rings is 1. The summed E-state index contributed by atoms with van der Waals surface area (Å²) >= 11 is 0. The highest BCUT2D eigenvalue weighted by atomic mass is 16.7. The van der Waals surface area contributed by atoms with Crippen LogP contribution in [0.4, 0.5) is 0 Å². The summed E-state index contributed by atoms with van der Waals surface area (Å²) in [4.78, 5) is 28.4. The molecule has 1 aromatic rings. The van der Waals surface area contributed by atoms with Crippen LogP contribution in [0.25, 0.3) is 6.08 Å². The molecular weight excluding hydrogens is 254 g/mol. The van der Waals surface area contributed by atoms with Crippen LogP contribution >= 0.6 is 0 Å². The molecular formula is C16H21NO3. The predicted octanol–water partition coefficient (Wildman–Crippen LogP) is 3.05. The first-order chi connectivity index (χ1) is 9.30. The lowest BCUT2D eigenvalue weighted by atomic mass is 9.98. The van der Waals surface area contributed by atoms with Crippen molar-refractivity contribution in [2.75, 3.05) is 7.05 Å². The molecule has 0 unspecified atom stereocenters. The second kappa shape index (κ2) is 6.89. The number of amides is 1. The molecule has 1 aromatic carbocycles. The van der Waals surface area contributed by atoms with Gasteiger partial charge in [-0.1, -0.05) is 42.5 Å². The Morgan fingerprint density at radius 3 is 2.35 bits per heavy atom. The number of nitrogens with zero attached hydrogens (tertiary/aromatic N) is 1. The maximum atomic E-state index is 11.8. The van der Waals surface area contributed by atoms with E-state index in [1.54, 1.807) is 26.8 Å². The monoisotopic (exact) mass is 275 g/mol. The van der Waals surface area contributed by atoms with Crippen LogP contribution in [0.2, 0.25) is 0 Å². The molecule has 0 aliphatic rings. The van der Waals surface area contributed by atoms with Crippen molar-refractivity contribution in [1.29, 1.82) is 0 Å². The number of rotatable bonds is 3. The Balaban J connectivity index is 2.47. The Kier molecular flexibility index (Phi) is 5.50. The van der Waals surface area contributed by atoms with Crippen molar-refractivity contribution >= 4 is 18.0 Å². The summed E-state index contributed by atoms with van der Waals surface area (Å²) < 4.78 is 0. The second-order valence-corrected chi connectivity index (χ2v) is 5.54. The topological polar surface area (TPSA) is 46.6 Å². The van der Waals surface area contributed by atoms with E-state index in [0.29, 0.717) is 0 Å². The lowest BCUT2D eigenvalue weighted by Crippen LogP contribution is -2.34. The minimum atomic E-state index is -0.631. The van der Waals surface area contributed by atoms with E-state index in [2.05, 4.69) is 0 Å². The van der Waals surface area contributed by atoms with Crippen LogP contribution in [-0.2, 0) is 14.4 Å². The lowest BCUT2D eigenvalue weighted by Gasteiger charge is -2.21. The Labute approximate surface area is 120 Å². The van der Waals surface area contributed by atoms with Gasteiger partial charge in [0, 0.05) is 13.5 Å². The maximum absolute atomic E-state index is 11.8. The highest BCUT2D eigenvalue weighted by molar-refractivity contribution is 5.81. The molecule has 0 bridgehead atoms. The zero-order valence-corrected chi connectivity index (χ0v) is 12.4. The third-order valence-electron chi connectivity index (χ3n) is 2.59. The molecule has 0 N–H and O–H groups in total. The van der Waals surface area contributed by atoms with Gasteiger partial charge in [-0.2, -0.15) is 5.06 Å². The molecule has 0 saturated carbocycles.